The second-order valence-corrected chi connectivity index (χ2v) is 4.23. The van der Waals surface area contributed by atoms with Crippen molar-refractivity contribution in [2.45, 2.75) is 6.18 Å². The van der Waals surface area contributed by atoms with Crippen molar-refractivity contribution in [3.8, 4) is 5.75 Å². The van der Waals surface area contributed by atoms with Crippen LogP contribution in [-0.2, 0) is 6.18 Å². The molecule has 2 amide bonds. The minimum atomic E-state index is -4.48. The van der Waals surface area contributed by atoms with Crippen LogP contribution in [0, 0.1) is 0 Å². The van der Waals surface area contributed by atoms with Gasteiger partial charge in [-0.15, -0.1) is 0 Å². The molecule has 1 aromatic heterocycles. The van der Waals surface area contributed by atoms with E-state index in [1.165, 1.54) is 13.3 Å². The topological polar surface area (TPSA) is 63.2 Å². The number of ether oxygens (including phenoxy) is 1. The summed E-state index contributed by atoms with van der Waals surface area (Å²) in [5, 5.41) is 4.91. The number of urea groups is 1. The lowest BCUT2D eigenvalue weighted by Gasteiger charge is -2.13. The fourth-order valence-corrected chi connectivity index (χ4v) is 1.69. The molecule has 0 atom stereocenters. The van der Waals surface area contributed by atoms with E-state index in [0.29, 0.717) is 5.69 Å². The van der Waals surface area contributed by atoms with E-state index >= 15 is 0 Å². The van der Waals surface area contributed by atoms with Crippen molar-refractivity contribution in [1.29, 1.82) is 0 Å². The van der Waals surface area contributed by atoms with Crippen LogP contribution in [0.2, 0.25) is 0 Å². The van der Waals surface area contributed by atoms with Gasteiger partial charge in [0.15, 0.2) is 0 Å². The molecule has 8 heteroatoms. The maximum atomic E-state index is 12.6. The summed E-state index contributed by atoms with van der Waals surface area (Å²) >= 11 is 0. The van der Waals surface area contributed by atoms with Gasteiger partial charge >= 0.3 is 12.2 Å². The molecule has 5 nitrogen and oxygen atoms in total. The maximum absolute atomic E-state index is 12.6. The lowest BCUT2D eigenvalue weighted by molar-refractivity contribution is -0.137. The molecule has 0 saturated heterocycles. The van der Waals surface area contributed by atoms with Gasteiger partial charge in [0.05, 0.1) is 30.2 Å². The molecular formula is C14H12F3N3O2. The van der Waals surface area contributed by atoms with Crippen molar-refractivity contribution in [3.63, 3.8) is 0 Å². The van der Waals surface area contributed by atoms with Crippen LogP contribution in [0.25, 0.3) is 0 Å². The summed E-state index contributed by atoms with van der Waals surface area (Å²) in [7, 11) is 1.22. The Balaban J connectivity index is 2.14. The predicted molar refractivity (Wildman–Crippen MR) is 74.9 cm³/mol. The molecule has 0 fully saturated rings. The summed E-state index contributed by atoms with van der Waals surface area (Å²) in [5.41, 5.74) is -0.287. The van der Waals surface area contributed by atoms with Gasteiger partial charge in [-0.25, -0.2) is 4.79 Å². The molecule has 0 aliphatic carbocycles. The Kier molecular flexibility index (Phi) is 4.50. The number of pyridine rings is 1. The average Bonchev–Trinajstić information content (AvgIpc) is 2.47. The minimum absolute atomic E-state index is 0.0869. The number of methoxy groups -OCH3 is 1. The lowest BCUT2D eigenvalue weighted by Crippen LogP contribution is -2.20. The van der Waals surface area contributed by atoms with Crippen LogP contribution in [0.4, 0.5) is 29.3 Å². The lowest BCUT2D eigenvalue weighted by atomic mass is 10.2. The number of hydrogen-bond donors (Lipinski definition) is 2. The first kappa shape index (κ1) is 15.6. The molecule has 0 aliphatic heterocycles. The summed E-state index contributed by atoms with van der Waals surface area (Å²) in [6.45, 7) is 0. The van der Waals surface area contributed by atoms with Crippen molar-refractivity contribution < 1.29 is 22.7 Å². The third-order valence-electron chi connectivity index (χ3n) is 2.70. The van der Waals surface area contributed by atoms with Crippen molar-refractivity contribution in [2.75, 3.05) is 17.7 Å². The van der Waals surface area contributed by atoms with Crippen molar-refractivity contribution >= 4 is 17.4 Å². The highest BCUT2D eigenvalue weighted by atomic mass is 19.4. The fraction of sp³-hybridized carbons (Fsp3) is 0.143. The maximum Gasteiger partial charge on any atom is 0.416 e. The number of alkyl halides is 3. The second kappa shape index (κ2) is 6.33. The zero-order valence-electron chi connectivity index (χ0n) is 11.4. The summed E-state index contributed by atoms with van der Waals surface area (Å²) in [6, 6.07) is 5.45. The Morgan fingerprint density at radius 2 is 2.00 bits per heavy atom. The van der Waals surface area contributed by atoms with Crippen LogP contribution in [0.5, 0.6) is 5.75 Å². The highest BCUT2D eigenvalue weighted by Gasteiger charge is 2.31. The van der Waals surface area contributed by atoms with Crippen molar-refractivity contribution in [2.24, 2.45) is 0 Å². The fourth-order valence-electron chi connectivity index (χ4n) is 1.69. The number of carbonyl (C=O) groups is 1. The van der Waals surface area contributed by atoms with Gasteiger partial charge in [0.2, 0.25) is 0 Å². The Morgan fingerprint density at radius 1 is 1.23 bits per heavy atom. The number of benzene rings is 1. The first-order chi connectivity index (χ1) is 10.4. The Hall–Kier alpha value is -2.77. The molecule has 0 radical (unpaired) electrons. The van der Waals surface area contributed by atoms with Crippen molar-refractivity contribution in [1.82, 2.24) is 4.98 Å². The van der Waals surface area contributed by atoms with Gasteiger partial charge in [0, 0.05) is 6.20 Å². The summed E-state index contributed by atoms with van der Waals surface area (Å²) < 4.78 is 42.7. The van der Waals surface area contributed by atoms with E-state index < -0.39 is 17.8 Å². The molecular weight excluding hydrogens is 299 g/mol. The van der Waals surface area contributed by atoms with E-state index in [-0.39, 0.29) is 11.4 Å². The van der Waals surface area contributed by atoms with Gasteiger partial charge in [-0.1, -0.05) is 0 Å². The largest absolute Gasteiger partial charge is 0.495 e. The van der Waals surface area contributed by atoms with E-state index in [1.807, 2.05) is 0 Å². The minimum Gasteiger partial charge on any atom is -0.495 e. The predicted octanol–water partition coefficient (Wildman–Crippen LogP) is 3.75. The van der Waals surface area contributed by atoms with Crippen LogP contribution < -0.4 is 15.4 Å². The third-order valence-corrected chi connectivity index (χ3v) is 2.70. The van der Waals surface area contributed by atoms with Crippen LogP contribution in [0.15, 0.2) is 42.7 Å². The van der Waals surface area contributed by atoms with Gasteiger partial charge in [-0.05, 0) is 30.3 Å². The van der Waals surface area contributed by atoms with Gasteiger partial charge in [-0.3, -0.25) is 4.98 Å². The summed E-state index contributed by atoms with van der Waals surface area (Å²) in [6.07, 6.45) is -1.50. The molecule has 0 saturated carbocycles. The highest BCUT2D eigenvalue weighted by molar-refractivity contribution is 6.00. The van der Waals surface area contributed by atoms with E-state index in [4.69, 9.17) is 4.74 Å². The quantitative estimate of drug-likeness (QED) is 0.907. The number of amides is 2. The molecule has 22 heavy (non-hydrogen) atoms. The monoisotopic (exact) mass is 311 g/mol. The molecule has 0 unspecified atom stereocenters. The SMILES string of the molecule is COc1cc(C(F)(F)F)ccc1NC(=O)Nc1cccnc1. The normalized spacial score (nSPS) is 10.9. The zero-order valence-corrected chi connectivity index (χ0v) is 11.4. The van der Waals surface area contributed by atoms with Gasteiger partial charge in [0.25, 0.3) is 0 Å². The number of carbonyl (C=O) groups excluding carboxylic acids is 1. The number of nitrogens with zero attached hydrogens (tertiary/aromatic N) is 1. The second-order valence-electron chi connectivity index (χ2n) is 4.23. The molecule has 1 aromatic carbocycles. The number of halogens is 3. The van der Waals surface area contributed by atoms with Gasteiger partial charge in [-0.2, -0.15) is 13.2 Å². The van der Waals surface area contributed by atoms with E-state index in [1.54, 1.807) is 18.3 Å². The first-order valence-corrected chi connectivity index (χ1v) is 6.13. The van der Waals surface area contributed by atoms with Crippen LogP contribution >= 0.6 is 0 Å². The van der Waals surface area contributed by atoms with E-state index in [2.05, 4.69) is 15.6 Å². The molecule has 0 aliphatic rings. The standard InChI is InChI=1S/C14H12F3N3O2/c1-22-12-7-9(14(15,16)17)4-5-11(12)20-13(21)19-10-3-2-6-18-8-10/h2-8H,1H3,(H2,19,20,21). The number of nitrogens with one attached hydrogen (secondary N) is 2. The van der Waals surface area contributed by atoms with E-state index in [9.17, 15) is 18.0 Å². The number of hydrogen-bond acceptors (Lipinski definition) is 3. The third kappa shape index (κ3) is 3.87. The summed E-state index contributed by atoms with van der Waals surface area (Å²) in [4.78, 5) is 15.6. The molecule has 1 heterocycles. The van der Waals surface area contributed by atoms with Gasteiger partial charge in [0.1, 0.15) is 5.75 Å². The Morgan fingerprint density at radius 3 is 2.59 bits per heavy atom. The number of aromatic nitrogens is 1. The molecule has 2 aromatic rings. The first-order valence-electron chi connectivity index (χ1n) is 6.13. The van der Waals surface area contributed by atoms with Crippen LogP contribution in [0.1, 0.15) is 5.56 Å². The Bertz CT molecular complexity index is 660. The zero-order chi connectivity index (χ0) is 16.2. The van der Waals surface area contributed by atoms with Gasteiger partial charge < -0.3 is 15.4 Å². The average molecular weight is 311 g/mol. The molecule has 2 N–H and O–H groups in total. The smallest absolute Gasteiger partial charge is 0.416 e. The van der Waals surface area contributed by atoms with Crippen LogP contribution in [0.3, 0.4) is 0 Å². The molecule has 0 bridgehead atoms. The molecule has 116 valence electrons. The molecule has 0 spiro atoms. The number of anilines is 2. The summed E-state index contributed by atoms with van der Waals surface area (Å²) in [5.74, 6) is -0.0869. The van der Waals surface area contributed by atoms with E-state index in [0.717, 1.165) is 18.2 Å². The highest BCUT2D eigenvalue weighted by Crippen LogP contribution is 2.35. The number of rotatable bonds is 3. The Labute approximate surface area is 124 Å². The molecule has 2 rings (SSSR count). The van der Waals surface area contributed by atoms with Crippen LogP contribution in [-0.4, -0.2) is 18.1 Å². The van der Waals surface area contributed by atoms with Crippen molar-refractivity contribution in [3.05, 3.63) is 48.3 Å².